The van der Waals surface area contributed by atoms with Crippen molar-refractivity contribution in [1.82, 2.24) is 4.98 Å². The third kappa shape index (κ3) is 4.25. The normalized spacial score (nSPS) is 12.7. The molecule has 0 aliphatic rings. The van der Waals surface area contributed by atoms with Crippen LogP contribution in [-0.4, -0.2) is 16.3 Å². The van der Waals surface area contributed by atoms with Gasteiger partial charge in [-0.05, 0) is 66.4 Å². The number of phenolic OH excluding ortho intramolecular Hbond substituents is 1. The molecular formula is C24H21BrN2O2. The number of rotatable bonds is 5. The van der Waals surface area contributed by atoms with E-state index in [0.29, 0.717) is 17.4 Å². The van der Waals surface area contributed by atoms with Gasteiger partial charge in [0.2, 0.25) is 5.89 Å². The average Bonchev–Trinajstić information content (AvgIpc) is 3.17. The number of halogens is 1. The molecule has 0 spiro atoms. The van der Waals surface area contributed by atoms with Crippen LogP contribution in [0.2, 0.25) is 0 Å². The highest BCUT2D eigenvalue weighted by molar-refractivity contribution is 9.10. The molecule has 0 saturated carbocycles. The molecule has 3 aromatic carbocycles. The van der Waals surface area contributed by atoms with Gasteiger partial charge in [-0.1, -0.05) is 41.9 Å². The Bertz CT molecular complexity index is 1200. The highest BCUT2D eigenvalue weighted by atomic mass is 79.9. The molecule has 0 fully saturated rings. The molecule has 0 unspecified atom stereocenters. The highest BCUT2D eigenvalue weighted by Gasteiger charge is 2.11. The van der Waals surface area contributed by atoms with Crippen molar-refractivity contribution in [2.24, 2.45) is 4.99 Å². The van der Waals surface area contributed by atoms with Gasteiger partial charge in [0.25, 0.3) is 0 Å². The minimum absolute atomic E-state index is 0.184. The first-order chi connectivity index (χ1) is 14.0. The summed E-state index contributed by atoms with van der Waals surface area (Å²) in [5.41, 5.74) is 5.17. The van der Waals surface area contributed by atoms with Crippen molar-refractivity contribution in [2.75, 3.05) is 0 Å². The van der Waals surface area contributed by atoms with Gasteiger partial charge in [0.1, 0.15) is 11.3 Å². The Morgan fingerprint density at radius 2 is 2.00 bits per heavy atom. The van der Waals surface area contributed by atoms with E-state index in [-0.39, 0.29) is 5.75 Å². The monoisotopic (exact) mass is 448 g/mol. The van der Waals surface area contributed by atoms with E-state index in [1.807, 2.05) is 36.4 Å². The fourth-order valence-electron chi connectivity index (χ4n) is 3.10. The molecule has 1 atom stereocenters. The number of phenols is 1. The van der Waals surface area contributed by atoms with Gasteiger partial charge in [-0.25, -0.2) is 4.98 Å². The van der Waals surface area contributed by atoms with E-state index in [1.54, 1.807) is 18.3 Å². The second-order valence-corrected chi connectivity index (χ2v) is 7.98. The Morgan fingerprint density at radius 1 is 1.14 bits per heavy atom. The lowest BCUT2D eigenvalue weighted by Gasteiger charge is -2.07. The summed E-state index contributed by atoms with van der Waals surface area (Å²) in [6, 6.07) is 19.1. The van der Waals surface area contributed by atoms with Crippen LogP contribution in [-0.2, 0) is 0 Å². The smallest absolute Gasteiger partial charge is 0.227 e. The van der Waals surface area contributed by atoms with E-state index < -0.39 is 0 Å². The summed E-state index contributed by atoms with van der Waals surface area (Å²) in [7, 11) is 0. The molecule has 4 aromatic rings. The number of fused-ring (bicyclic) bond motifs is 1. The van der Waals surface area contributed by atoms with Crippen molar-refractivity contribution in [3.05, 3.63) is 76.3 Å². The van der Waals surface area contributed by atoms with Crippen LogP contribution in [0.1, 0.15) is 37.3 Å². The lowest BCUT2D eigenvalue weighted by atomic mass is 9.98. The van der Waals surface area contributed by atoms with Crippen LogP contribution in [0.3, 0.4) is 0 Å². The third-order valence-corrected chi connectivity index (χ3v) is 5.52. The van der Waals surface area contributed by atoms with Crippen molar-refractivity contribution < 1.29 is 9.52 Å². The molecular weight excluding hydrogens is 428 g/mol. The topological polar surface area (TPSA) is 58.6 Å². The van der Waals surface area contributed by atoms with Gasteiger partial charge in [-0.3, -0.25) is 4.99 Å². The molecule has 0 bridgehead atoms. The number of benzene rings is 3. The standard InChI is InChI=1S/C24H21BrN2O2/c1-3-15(2)16-7-10-23-21(13-16)27-24(29-23)17-5-4-6-20(12-17)26-14-18-11-19(25)8-9-22(18)28/h4-15,28H,3H2,1-2H3/t15-/m1/s1. The number of hydrogen-bond donors (Lipinski definition) is 1. The number of hydrogen-bond acceptors (Lipinski definition) is 4. The molecule has 5 heteroatoms. The summed E-state index contributed by atoms with van der Waals surface area (Å²) in [6.45, 7) is 4.40. The van der Waals surface area contributed by atoms with Crippen molar-refractivity contribution in [2.45, 2.75) is 26.2 Å². The molecule has 1 N–H and O–H groups in total. The van der Waals surface area contributed by atoms with Gasteiger partial charge < -0.3 is 9.52 Å². The van der Waals surface area contributed by atoms with Crippen LogP contribution < -0.4 is 0 Å². The molecule has 4 nitrogen and oxygen atoms in total. The summed E-state index contributed by atoms with van der Waals surface area (Å²) in [5, 5.41) is 9.97. The Morgan fingerprint density at radius 3 is 2.83 bits per heavy atom. The molecule has 0 saturated heterocycles. The SMILES string of the molecule is CC[C@@H](C)c1ccc2oc(-c3cccc(N=Cc4cc(Br)ccc4O)c3)nc2c1. The van der Waals surface area contributed by atoms with E-state index in [2.05, 4.69) is 51.9 Å². The van der Waals surface area contributed by atoms with Gasteiger partial charge in [0, 0.05) is 21.8 Å². The molecule has 0 amide bonds. The van der Waals surface area contributed by atoms with Crippen molar-refractivity contribution in [1.29, 1.82) is 0 Å². The van der Waals surface area contributed by atoms with Gasteiger partial charge in [0.15, 0.2) is 5.58 Å². The summed E-state index contributed by atoms with van der Waals surface area (Å²) in [6.07, 6.45) is 2.73. The minimum Gasteiger partial charge on any atom is -0.507 e. The van der Waals surface area contributed by atoms with Crippen LogP contribution >= 0.6 is 15.9 Å². The fraction of sp³-hybridized carbons (Fsp3) is 0.167. The third-order valence-electron chi connectivity index (χ3n) is 5.03. The second-order valence-electron chi connectivity index (χ2n) is 7.07. The number of nitrogens with zero attached hydrogens (tertiary/aromatic N) is 2. The van der Waals surface area contributed by atoms with Gasteiger partial charge in [0.05, 0.1) is 5.69 Å². The summed E-state index contributed by atoms with van der Waals surface area (Å²) >= 11 is 3.41. The van der Waals surface area contributed by atoms with Crippen LogP contribution in [0.25, 0.3) is 22.6 Å². The first kappa shape index (κ1) is 19.4. The minimum atomic E-state index is 0.184. The first-order valence-electron chi connectivity index (χ1n) is 9.57. The average molecular weight is 449 g/mol. The Balaban J connectivity index is 1.64. The molecule has 1 heterocycles. The fourth-order valence-corrected chi connectivity index (χ4v) is 3.48. The van der Waals surface area contributed by atoms with Gasteiger partial charge >= 0.3 is 0 Å². The predicted octanol–water partition coefficient (Wildman–Crippen LogP) is 7.23. The zero-order valence-electron chi connectivity index (χ0n) is 16.3. The second kappa shape index (κ2) is 8.21. The Labute approximate surface area is 178 Å². The maximum absolute atomic E-state index is 9.97. The maximum atomic E-state index is 9.97. The lowest BCUT2D eigenvalue weighted by molar-refractivity contribution is 0.474. The first-order valence-corrected chi connectivity index (χ1v) is 10.4. The van der Waals surface area contributed by atoms with E-state index in [1.165, 1.54) is 5.56 Å². The van der Waals surface area contributed by atoms with Crippen molar-refractivity contribution in [3.63, 3.8) is 0 Å². The number of aromatic nitrogens is 1. The lowest BCUT2D eigenvalue weighted by Crippen LogP contribution is -1.90. The summed E-state index contributed by atoms with van der Waals surface area (Å²) < 4.78 is 6.85. The van der Waals surface area contributed by atoms with Crippen LogP contribution in [0.15, 0.2) is 74.5 Å². The van der Waals surface area contributed by atoms with Crippen molar-refractivity contribution >= 4 is 38.9 Å². The molecule has 4 rings (SSSR count). The molecule has 0 aliphatic heterocycles. The summed E-state index contributed by atoms with van der Waals surface area (Å²) in [4.78, 5) is 9.17. The van der Waals surface area contributed by atoms with Crippen molar-refractivity contribution in [3.8, 4) is 17.2 Å². The van der Waals surface area contributed by atoms with Gasteiger partial charge in [-0.2, -0.15) is 0 Å². The molecule has 146 valence electrons. The predicted molar refractivity (Wildman–Crippen MR) is 121 cm³/mol. The largest absolute Gasteiger partial charge is 0.507 e. The highest BCUT2D eigenvalue weighted by Crippen LogP contribution is 2.30. The molecule has 0 aliphatic carbocycles. The molecule has 1 aromatic heterocycles. The Hall–Kier alpha value is -2.92. The van der Waals surface area contributed by atoms with E-state index >= 15 is 0 Å². The number of oxazole rings is 1. The summed E-state index contributed by atoms with van der Waals surface area (Å²) in [5.74, 6) is 1.25. The number of aliphatic imine (C=N–C) groups is 1. The van der Waals surface area contributed by atoms with Gasteiger partial charge in [-0.15, -0.1) is 0 Å². The zero-order valence-corrected chi connectivity index (χ0v) is 17.8. The van der Waals surface area contributed by atoms with E-state index in [0.717, 1.165) is 33.2 Å². The maximum Gasteiger partial charge on any atom is 0.227 e. The quantitative estimate of drug-likeness (QED) is 0.327. The molecule has 29 heavy (non-hydrogen) atoms. The van der Waals surface area contributed by atoms with E-state index in [4.69, 9.17) is 4.42 Å². The van der Waals surface area contributed by atoms with Crippen LogP contribution in [0.4, 0.5) is 5.69 Å². The van der Waals surface area contributed by atoms with Crippen LogP contribution in [0.5, 0.6) is 5.75 Å². The van der Waals surface area contributed by atoms with E-state index in [9.17, 15) is 5.11 Å². The van der Waals surface area contributed by atoms with Crippen LogP contribution in [0, 0.1) is 0 Å². The molecule has 0 radical (unpaired) electrons. The Kier molecular flexibility index (Phi) is 5.49. The number of aromatic hydroxyl groups is 1. The zero-order chi connectivity index (χ0) is 20.4.